The van der Waals surface area contributed by atoms with E-state index < -0.39 is 18.0 Å². The molecule has 0 radical (unpaired) electrons. The molecule has 1 rings (SSSR count). The highest BCUT2D eigenvalue weighted by Crippen LogP contribution is 2.23. The molecule has 0 saturated carbocycles. The molecule has 0 aliphatic carbocycles. The van der Waals surface area contributed by atoms with Crippen molar-refractivity contribution in [3.05, 3.63) is 35.1 Å². The number of aliphatic hydroxyl groups is 2. The molecule has 0 aliphatic rings. The minimum Gasteiger partial charge on any atom is -0.394 e. The van der Waals surface area contributed by atoms with Crippen molar-refractivity contribution >= 4 is 0 Å². The van der Waals surface area contributed by atoms with Gasteiger partial charge >= 0.3 is 0 Å². The van der Waals surface area contributed by atoms with Crippen molar-refractivity contribution in [3.63, 3.8) is 0 Å². The van der Waals surface area contributed by atoms with Crippen molar-refractivity contribution in [2.75, 3.05) is 6.61 Å². The molecule has 1 unspecified atom stereocenters. The van der Waals surface area contributed by atoms with E-state index in [2.05, 4.69) is 0 Å². The topological polar surface area (TPSA) is 66.5 Å². The predicted molar refractivity (Wildman–Crippen MR) is 50.9 cm³/mol. The molecule has 0 spiro atoms. The van der Waals surface area contributed by atoms with Crippen LogP contribution in [0.5, 0.6) is 0 Å². The lowest BCUT2D eigenvalue weighted by molar-refractivity contribution is 0.204. The molecule has 0 bridgehead atoms. The molecule has 3 nitrogen and oxygen atoms in total. The Morgan fingerprint density at radius 3 is 2.57 bits per heavy atom. The summed E-state index contributed by atoms with van der Waals surface area (Å²) in [7, 11) is 0. The number of hydrogen-bond donors (Lipinski definition) is 3. The van der Waals surface area contributed by atoms with E-state index in [-0.39, 0.29) is 12.2 Å². The van der Waals surface area contributed by atoms with Crippen LogP contribution in [0.2, 0.25) is 0 Å². The summed E-state index contributed by atoms with van der Waals surface area (Å²) >= 11 is 0. The first-order valence-electron chi connectivity index (χ1n) is 4.31. The van der Waals surface area contributed by atoms with E-state index in [1.165, 1.54) is 12.1 Å². The lowest BCUT2D eigenvalue weighted by Gasteiger charge is -2.24. The highest BCUT2D eigenvalue weighted by molar-refractivity contribution is 5.33. The molecule has 78 valence electrons. The summed E-state index contributed by atoms with van der Waals surface area (Å²) in [4.78, 5) is 0. The van der Waals surface area contributed by atoms with Gasteiger partial charge in [0, 0.05) is 5.56 Å². The number of rotatable bonds is 3. The van der Waals surface area contributed by atoms with Gasteiger partial charge in [0.25, 0.3) is 0 Å². The van der Waals surface area contributed by atoms with Crippen molar-refractivity contribution in [2.24, 2.45) is 5.73 Å². The van der Waals surface area contributed by atoms with Gasteiger partial charge < -0.3 is 15.9 Å². The summed E-state index contributed by atoms with van der Waals surface area (Å²) in [5.41, 5.74) is 5.31. The minimum atomic E-state index is -1.03. The van der Waals surface area contributed by atoms with Crippen LogP contribution in [0.3, 0.4) is 0 Å². The molecule has 4 heteroatoms. The van der Waals surface area contributed by atoms with E-state index >= 15 is 0 Å². The van der Waals surface area contributed by atoms with Crippen LogP contribution in [0.15, 0.2) is 18.2 Å². The van der Waals surface area contributed by atoms with Crippen LogP contribution in [0.1, 0.15) is 18.1 Å². The highest BCUT2D eigenvalue weighted by Gasteiger charge is 2.24. The Labute approximate surface area is 82.0 Å². The number of aliphatic hydroxyl groups excluding tert-OH is 2. The third-order valence-corrected chi connectivity index (χ3v) is 2.22. The fourth-order valence-corrected chi connectivity index (χ4v) is 1.34. The molecule has 0 heterocycles. The van der Waals surface area contributed by atoms with Gasteiger partial charge in [-0.05, 0) is 18.6 Å². The van der Waals surface area contributed by atoms with Crippen molar-refractivity contribution in [3.8, 4) is 0 Å². The molecular formula is C10H14FNO2. The van der Waals surface area contributed by atoms with E-state index in [4.69, 9.17) is 15.9 Å². The summed E-state index contributed by atoms with van der Waals surface area (Å²) < 4.78 is 13.2. The standard InChI is InChI=1S/C10H14FNO2/c1-10(12,6-14)8-3-2-4-9(11)7(8)5-13/h2-4,13-14H,5-6,12H2,1H3. The summed E-state index contributed by atoms with van der Waals surface area (Å²) in [5, 5.41) is 18.0. The Hall–Kier alpha value is -0.970. The first-order chi connectivity index (χ1) is 6.53. The maximum Gasteiger partial charge on any atom is 0.129 e. The maximum atomic E-state index is 13.2. The SMILES string of the molecule is CC(N)(CO)c1cccc(F)c1CO. The first kappa shape index (κ1) is 11.1. The second-order valence-electron chi connectivity index (χ2n) is 3.50. The molecule has 0 saturated heterocycles. The van der Waals surface area contributed by atoms with Gasteiger partial charge in [-0.3, -0.25) is 0 Å². The molecule has 0 aromatic heterocycles. The normalized spacial score (nSPS) is 15.2. The highest BCUT2D eigenvalue weighted by atomic mass is 19.1. The molecular weight excluding hydrogens is 185 g/mol. The van der Waals surface area contributed by atoms with Crippen LogP contribution in [0.25, 0.3) is 0 Å². The lowest BCUT2D eigenvalue weighted by atomic mass is 9.90. The number of nitrogens with two attached hydrogens (primary N) is 1. The van der Waals surface area contributed by atoms with Crippen molar-refractivity contribution in [1.29, 1.82) is 0 Å². The van der Waals surface area contributed by atoms with Gasteiger partial charge in [0.05, 0.1) is 18.8 Å². The Kier molecular flexibility index (Phi) is 3.21. The second kappa shape index (κ2) is 4.04. The van der Waals surface area contributed by atoms with Crippen molar-refractivity contribution in [2.45, 2.75) is 19.1 Å². The van der Waals surface area contributed by atoms with Gasteiger partial charge in [0.15, 0.2) is 0 Å². The number of benzene rings is 1. The third-order valence-electron chi connectivity index (χ3n) is 2.22. The van der Waals surface area contributed by atoms with Crippen molar-refractivity contribution < 1.29 is 14.6 Å². The van der Waals surface area contributed by atoms with Crippen molar-refractivity contribution in [1.82, 2.24) is 0 Å². The summed E-state index contributed by atoms with van der Waals surface area (Å²) in [6, 6.07) is 4.36. The Balaban J connectivity index is 3.27. The predicted octanol–water partition coefficient (Wildman–Crippen LogP) is 0.484. The fraction of sp³-hybridized carbons (Fsp3) is 0.400. The number of hydrogen-bond acceptors (Lipinski definition) is 3. The van der Waals surface area contributed by atoms with Crippen LogP contribution in [-0.4, -0.2) is 16.8 Å². The maximum absolute atomic E-state index is 13.2. The van der Waals surface area contributed by atoms with Crippen LogP contribution in [-0.2, 0) is 12.1 Å². The number of halogens is 1. The molecule has 1 atom stereocenters. The molecule has 0 fully saturated rings. The second-order valence-corrected chi connectivity index (χ2v) is 3.50. The van der Waals surface area contributed by atoms with E-state index in [9.17, 15) is 4.39 Å². The molecule has 4 N–H and O–H groups in total. The quantitative estimate of drug-likeness (QED) is 0.663. The van der Waals surface area contributed by atoms with Gasteiger partial charge in [0.1, 0.15) is 5.82 Å². The van der Waals surface area contributed by atoms with Crippen LogP contribution in [0.4, 0.5) is 4.39 Å². The summed E-state index contributed by atoms with van der Waals surface area (Å²) in [5.74, 6) is -0.505. The molecule has 0 aliphatic heterocycles. The molecule has 0 amide bonds. The van der Waals surface area contributed by atoms with E-state index in [0.29, 0.717) is 5.56 Å². The molecule has 1 aromatic rings. The van der Waals surface area contributed by atoms with Gasteiger partial charge in [-0.25, -0.2) is 4.39 Å². The van der Waals surface area contributed by atoms with Gasteiger partial charge in [-0.15, -0.1) is 0 Å². The largest absolute Gasteiger partial charge is 0.394 e. The average molecular weight is 199 g/mol. The van der Waals surface area contributed by atoms with Crippen LogP contribution >= 0.6 is 0 Å². The van der Waals surface area contributed by atoms with Gasteiger partial charge in [-0.2, -0.15) is 0 Å². The average Bonchev–Trinajstić information content (AvgIpc) is 2.17. The fourth-order valence-electron chi connectivity index (χ4n) is 1.34. The molecule has 14 heavy (non-hydrogen) atoms. The monoisotopic (exact) mass is 199 g/mol. The zero-order chi connectivity index (χ0) is 10.8. The smallest absolute Gasteiger partial charge is 0.129 e. The first-order valence-corrected chi connectivity index (χ1v) is 4.31. The van der Waals surface area contributed by atoms with E-state index in [0.717, 1.165) is 0 Å². The summed E-state index contributed by atoms with van der Waals surface area (Å²) in [6.45, 7) is 0.860. The molecule has 1 aromatic carbocycles. The van der Waals surface area contributed by atoms with Gasteiger partial charge in [0.2, 0.25) is 0 Å². The van der Waals surface area contributed by atoms with Crippen LogP contribution < -0.4 is 5.73 Å². The van der Waals surface area contributed by atoms with Gasteiger partial charge in [-0.1, -0.05) is 12.1 Å². The third kappa shape index (κ3) is 1.92. The zero-order valence-corrected chi connectivity index (χ0v) is 8.00. The van der Waals surface area contributed by atoms with E-state index in [1.807, 2.05) is 0 Å². The van der Waals surface area contributed by atoms with Crippen LogP contribution in [0, 0.1) is 5.82 Å². The Bertz CT molecular complexity index is 326. The lowest BCUT2D eigenvalue weighted by Crippen LogP contribution is -2.38. The minimum absolute atomic E-state index is 0.145. The van der Waals surface area contributed by atoms with E-state index in [1.54, 1.807) is 13.0 Å². The zero-order valence-electron chi connectivity index (χ0n) is 8.00. The Morgan fingerprint density at radius 2 is 2.07 bits per heavy atom. The summed E-state index contributed by atoms with van der Waals surface area (Å²) in [6.07, 6.45) is 0. The Morgan fingerprint density at radius 1 is 1.43 bits per heavy atom.